The third-order valence-corrected chi connectivity index (χ3v) is 5.30. The molecule has 1 aromatic heterocycles. The lowest BCUT2D eigenvalue weighted by molar-refractivity contribution is 0.270. The molecule has 2 nitrogen and oxygen atoms in total. The third kappa shape index (κ3) is 2.93. The van der Waals surface area contributed by atoms with E-state index in [2.05, 4.69) is 11.5 Å². The molecule has 21 heavy (non-hydrogen) atoms. The summed E-state index contributed by atoms with van der Waals surface area (Å²) < 4.78 is 2.38. The summed E-state index contributed by atoms with van der Waals surface area (Å²) in [6.07, 6.45) is 7.18. The summed E-state index contributed by atoms with van der Waals surface area (Å²) in [4.78, 5) is 4.77. The minimum atomic E-state index is 0.524. The predicted molar refractivity (Wildman–Crippen MR) is 90.5 cm³/mol. The summed E-state index contributed by atoms with van der Waals surface area (Å²) in [5.74, 6) is 2.58. The monoisotopic (exact) mass is 324 g/mol. The Labute approximate surface area is 136 Å². The van der Waals surface area contributed by atoms with Gasteiger partial charge < -0.3 is 4.57 Å². The zero-order chi connectivity index (χ0) is 14.8. The van der Waals surface area contributed by atoms with Crippen LogP contribution in [0, 0.1) is 5.92 Å². The van der Waals surface area contributed by atoms with E-state index in [1.165, 1.54) is 32.1 Å². The number of aromatic nitrogens is 2. The van der Waals surface area contributed by atoms with Gasteiger partial charge in [0.05, 0.1) is 16.1 Å². The molecule has 0 aliphatic heterocycles. The number of fused-ring (bicyclic) bond motifs is 1. The van der Waals surface area contributed by atoms with Gasteiger partial charge in [-0.2, -0.15) is 0 Å². The van der Waals surface area contributed by atoms with Crippen LogP contribution in [0.4, 0.5) is 0 Å². The summed E-state index contributed by atoms with van der Waals surface area (Å²) in [5, 5.41) is 0.804. The number of alkyl halides is 1. The molecule has 114 valence electrons. The lowest BCUT2D eigenvalue weighted by Crippen LogP contribution is -2.20. The summed E-state index contributed by atoms with van der Waals surface area (Å²) in [6, 6.07) is 6.51. The molecule has 1 aliphatic carbocycles. The van der Waals surface area contributed by atoms with Gasteiger partial charge >= 0.3 is 0 Å². The summed E-state index contributed by atoms with van der Waals surface area (Å²) >= 11 is 12.4. The average Bonchev–Trinajstić information content (AvgIpc) is 2.87. The van der Waals surface area contributed by atoms with E-state index >= 15 is 0 Å². The number of halogens is 2. The van der Waals surface area contributed by atoms with Crippen LogP contribution in [-0.2, 0) is 6.42 Å². The van der Waals surface area contributed by atoms with E-state index in [-0.39, 0.29) is 0 Å². The maximum atomic E-state index is 6.46. The Morgan fingerprint density at radius 1 is 1.24 bits per heavy atom. The zero-order valence-corrected chi connectivity index (χ0v) is 14.0. The van der Waals surface area contributed by atoms with Crippen molar-refractivity contribution >= 4 is 34.2 Å². The SMILES string of the molecule is CCC1CCC(n2c(CCCl)nc3cccc(Cl)c32)CC1. The van der Waals surface area contributed by atoms with Gasteiger partial charge in [-0.1, -0.05) is 31.0 Å². The second kappa shape index (κ2) is 6.58. The molecule has 1 fully saturated rings. The highest BCUT2D eigenvalue weighted by atomic mass is 35.5. The Kier molecular flexibility index (Phi) is 4.75. The van der Waals surface area contributed by atoms with Gasteiger partial charge in [0.1, 0.15) is 5.82 Å². The molecule has 1 heterocycles. The first-order chi connectivity index (χ1) is 10.2. The molecule has 0 unspecified atom stereocenters. The van der Waals surface area contributed by atoms with Crippen molar-refractivity contribution in [2.24, 2.45) is 5.92 Å². The van der Waals surface area contributed by atoms with E-state index in [0.717, 1.165) is 34.2 Å². The van der Waals surface area contributed by atoms with Crippen LogP contribution in [0.2, 0.25) is 5.02 Å². The lowest BCUT2D eigenvalue weighted by atomic mass is 9.84. The van der Waals surface area contributed by atoms with E-state index in [9.17, 15) is 0 Å². The van der Waals surface area contributed by atoms with Gasteiger partial charge in [0.25, 0.3) is 0 Å². The molecule has 0 saturated heterocycles. The van der Waals surface area contributed by atoms with Gasteiger partial charge in [0.2, 0.25) is 0 Å². The molecular formula is C17H22Cl2N2. The molecule has 1 aliphatic rings. The number of hydrogen-bond donors (Lipinski definition) is 0. The number of rotatable bonds is 4. The highest BCUT2D eigenvalue weighted by molar-refractivity contribution is 6.35. The molecule has 0 amide bonds. The Morgan fingerprint density at radius 2 is 2.00 bits per heavy atom. The lowest BCUT2D eigenvalue weighted by Gasteiger charge is -2.30. The maximum Gasteiger partial charge on any atom is 0.111 e. The van der Waals surface area contributed by atoms with Crippen LogP contribution in [0.1, 0.15) is 50.9 Å². The number of benzene rings is 1. The summed E-state index contributed by atoms with van der Waals surface area (Å²) in [5.41, 5.74) is 2.10. The number of hydrogen-bond acceptors (Lipinski definition) is 1. The van der Waals surface area contributed by atoms with Crippen molar-refractivity contribution in [1.82, 2.24) is 9.55 Å². The normalized spacial score (nSPS) is 22.8. The molecule has 0 radical (unpaired) electrons. The first kappa shape index (κ1) is 15.2. The van der Waals surface area contributed by atoms with Crippen molar-refractivity contribution in [2.75, 3.05) is 5.88 Å². The van der Waals surface area contributed by atoms with Gasteiger partial charge in [0, 0.05) is 18.3 Å². The van der Waals surface area contributed by atoms with E-state index in [1.54, 1.807) is 0 Å². The zero-order valence-electron chi connectivity index (χ0n) is 12.5. The molecule has 0 bridgehead atoms. The number of aryl methyl sites for hydroxylation is 1. The molecule has 0 spiro atoms. The molecule has 0 atom stereocenters. The van der Waals surface area contributed by atoms with Gasteiger partial charge in [-0.05, 0) is 43.7 Å². The topological polar surface area (TPSA) is 17.8 Å². The van der Waals surface area contributed by atoms with Crippen LogP contribution in [-0.4, -0.2) is 15.4 Å². The smallest absolute Gasteiger partial charge is 0.111 e. The van der Waals surface area contributed by atoms with E-state index in [4.69, 9.17) is 28.2 Å². The van der Waals surface area contributed by atoms with Gasteiger partial charge in [-0.3, -0.25) is 0 Å². The Morgan fingerprint density at radius 3 is 2.67 bits per heavy atom. The minimum Gasteiger partial charge on any atom is -0.324 e. The molecule has 4 heteroatoms. The van der Waals surface area contributed by atoms with Crippen LogP contribution in [0.25, 0.3) is 11.0 Å². The fraction of sp³-hybridized carbons (Fsp3) is 0.588. The van der Waals surface area contributed by atoms with Crippen LogP contribution < -0.4 is 0 Å². The minimum absolute atomic E-state index is 0.524. The van der Waals surface area contributed by atoms with E-state index in [1.807, 2.05) is 18.2 Å². The number of para-hydroxylation sites is 1. The van der Waals surface area contributed by atoms with Crippen molar-refractivity contribution in [2.45, 2.75) is 51.5 Å². The van der Waals surface area contributed by atoms with Gasteiger partial charge in [-0.25, -0.2) is 4.98 Å². The average molecular weight is 325 g/mol. The Bertz CT molecular complexity index is 613. The largest absolute Gasteiger partial charge is 0.324 e. The standard InChI is InChI=1S/C17H22Cl2N2/c1-2-12-6-8-13(9-7-12)21-16(10-11-18)20-15-5-3-4-14(19)17(15)21/h3-5,12-13H,2,6-11H2,1H3. The highest BCUT2D eigenvalue weighted by Crippen LogP contribution is 2.38. The second-order valence-corrected chi connectivity index (χ2v) is 6.81. The molecule has 1 saturated carbocycles. The maximum absolute atomic E-state index is 6.46. The molecule has 1 aromatic carbocycles. The Hall–Kier alpha value is -0.730. The second-order valence-electron chi connectivity index (χ2n) is 6.03. The van der Waals surface area contributed by atoms with E-state index in [0.29, 0.717) is 11.9 Å². The quantitative estimate of drug-likeness (QED) is 0.668. The fourth-order valence-corrected chi connectivity index (χ4v) is 4.05. The molecule has 2 aromatic rings. The summed E-state index contributed by atoms with van der Waals surface area (Å²) in [7, 11) is 0. The van der Waals surface area contributed by atoms with Crippen molar-refractivity contribution in [3.8, 4) is 0 Å². The number of imidazole rings is 1. The van der Waals surface area contributed by atoms with Crippen molar-refractivity contribution < 1.29 is 0 Å². The highest BCUT2D eigenvalue weighted by Gasteiger charge is 2.25. The van der Waals surface area contributed by atoms with Crippen LogP contribution in [0.3, 0.4) is 0 Å². The van der Waals surface area contributed by atoms with Crippen molar-refractivity contribution in [1.29, 1.82) is 0 Å². The molecular weight excluding hydrogens is 303 g/mol. The van der Waals surface area contributed by atoms with Crippen LogP contribution in [0.15, 0.2) is 18.2 Å². The Balaban J connectivity index is 2.01. The third-order valence-electron chi connectivity index (χ3n) is 4.81. The molecule has 0 N–H and O–H groups in total. The predicted octanol–water partition coefficient (Wildman–Crippen LogP) is 5.61. The van der Waals surface area contributed by atoms with Crippen molar-refractivity contribution in [3.05, 3.63) is 29.0 Å². The molecule has 3 rings (SSSR count). The first-order valence-electron chi connectivity index (χ1n) is 7.95. The van der Waals surface area contributed by atoms with Crippen molar-refractivity contribution in [3.63, 3.8) is 0 Å². The fourth-order valence-electron chi connectivity index (χ4n) is 3.62. The van der Waals surface area contributed by atoms with Crippen LogP contribution >= 0.6 is 23.2 Å². The first-order valence-corrected chi connectivity index (χ1v) is 8.87. The van der Waals surface area contributed by atoms with E-state index < -0.39 is 0 Å². The number of nitrogens with zero attached hydrogens (tertiary/aromatic N) is 2. The summed E-state index contributed by atoms with van der Waals surface area (Å²) in [6.45, 7) is 2.30. The van der Waals surface area contributed by atoms with Crippen LogP contribution in [0.5, 0.6) is 0 Å². The van der Waals surface area contributed by atoms with Gasteiger partial charge in [-0.15, -0.1) is 11.6 Å². The van der Waals surface area contributed by atoms with Gasteiger partial charge in [0.15, 0.2) is 0 Å².